The number of para-hydroxylation sites is 1. The lowest BCUT2D eigenvalue weighted by molar-refractivity contribution is 0.332. The Kier molecular flexibility index (Phi) is 5.27. The van der Waals surface area contributed by atoms with Gasteiger partial charge in [-0.05, 0) is 44.9 Å². The van der Waals surface area contributed by atoms with E-state index in [1.54, 1.807) is 13.0 Å². The van der Waals surface area contributed by atoms with Gasteiger partial charge in [0.1, 0.15) is 0 Å². The fraction of sp³-hybridized carbons (Fsp3) is 0.625. The molecule has 2 rings (SSSR count). The summed E-state index contributed by atoms with van der Waals surface area (Å²) in [5.41, 5.74) is 0.868. The Hall–Kier alpha value is -1.07. The third-order valence-corrected chi connectivity index (χ3v) is 6.32. The third-order valence-electron chi connectivity index (χ3n) is 4.54. The lowest BCUT2D eigenvalue weighted by Crippen LogP contribution is -2.44. The molecule has 0 bridgehead atoms. The number of hydrogen-bond donors (Lipinski definition) is 1. The maximum atomic E-state index is 12.3. The molecule has 0 radical (unpaired) electrons. The van der Waals surface area contributed by atoms with Crippen molar-refractivity contribution in [3.8, 4) is 0 Å². The number of rotatable bonds is 5. The normalized spacial score (nSPS) is 21.3. The van der Waals surface area contributed by atoms with E-state index >= 15 is 0 Å². The van der Waals surface area contributed by atoms with Crippen molar-refractivity contribution in [1.82, 2.24) is 5.32 Å². The first-order valence-electron chi connectivity index (χ1n) is 7.73. The van der Waals surface area contributed by atoms with Crippen LogP contribution < -0.4 is 10.2 Å². The number of sulfone groups is 1. The molecule has 1 saturated heterocycles. The molecule has 1 aromatic carbocycles. The number of hydrogen-bond acceptors (Lipinski definition) is 4. The molecule has 0 spiro atoms. The van der Waals surface area contributed by atoms with Crippen LogP contribution in [0.5, 0.6) is 0 Å². The maximum absolute atomic E-state index is 12.3. The van der Waals surface area contributed by atoms with E-state index in [1.807, 2.05) is 25.2 Å². The molecule has 1 fully saturated rings. The van der Waals surface area contributed by atoms with E-state index < -0.39 is 9.84 Å². The van der Waals surface area contributed by atoms with Crippen molar-refractivity contribution in [1.29, 1.82) is 0 Å². The highest BCUT2D eigenvalue weighted by atomic mass is 32.2. The van der Waals surface area contributed by atoms with Crippen LogP contribution in [0, 0.1) is 5.92 Å². The fourth-order valence-corrected chi connectivity index (χ4v) is 4.12. The van der Waals surface area contributed by atoms with Gasteiger partial charge >= 0.3 is 0 Å². The van der Waals surface area contributed by atoms with Crippen molar-refractivity contribution in [2.45, 2.75) is 37.6 Å². The fourth-order valence-electron chi connectivity index (χ4n) is 3.01. The second-order valence-corrected chi connectivity index (χ2v) is 8.04. The molecular weight excluding hydrogens is 284 g/mol. The van der Waals surface area contributed by atoms with Crippen LogP contribution in [0.2, 0.25) is 0 Å². The van der Waals surface area contributed by atoms with Crippen molar-refractivity contribution in [3.05, 3.63) is 24.3 Å². The molecule has 118 valence electrons. The Morgan fingerprint density at radius 1 is 1.38 bits per heavy atom. The topological polar surface area (TPSA) is 49.4 Å². The summed E-state index contributed by atoms with van der Waals surface area (Å²) in [4.78, 5) is 2.72. The number of nitrogens with one attached hydrogen (secondary N) is 1. The molecule has 1 N–H and O–H groups in total. The Labute approximate surface area is 128 Å². The van der Waals surface area contributed by atoms with Crippen molar-refractivity contribution >= 4 is 15.5 Å². The van der Waals surface area contributed by atoms with Crippen LogP contribution in [0.3, 0.4) is 0 Å². The van der Waals surface area contributed by atoms with Gasteiger partial charge in [-0.1, -0.05) is 19.1 Å². The van der Waals surface area contributed by atoms with Gasteiger partial charge < -0.3 is 10.2 Å². The van der Waals surface area contributed by atoms with Gasteiger partial charge in [0.15, 0.2) is 9.84 Å². The van der Waals surface area contributed by atoms with Gasteiger partial charge in [-0.25, -0.2) is 8.42 Å². The van der Waals surface area contributed by atoms with Gasteiger partial charge in [-0.3, -0.25) is 0 Å². The van der Waals surface area contributed by atoms with Crippen LogP contribution in [-0.4, -0.2) is 40.3 Å². The average Bonchev–Trinajstić information content (AvgIpc) is 2.54. The summed E-state index contributed by atoms with van der Waals surface area (Å²) in [5, 5.41) is 3.32. The first-order chi connectivity index (χ1) is 9.99. The molecule has 5 heteroatoms. The van der Waals surface area contributed by atoms with Gasteiger partial charge in [0.2, 0.25) is 0 Å². The van der Waals surface area contributed by atoms with Gasteiger partial charge in [-0.15, -0.1) is 0 Å². The quantitative estimate of drug-likeness (QED) is 0.906. The van der Waals surface area contributed by atoms with E-state index in [0.29, 0.717) is 16.9 Å². The highest BCUT2D eigenvalue weighted by molar-refractivity contribution is 7.91. The zero-order chi connectivity index (χ0) is 15.5. The number of nitrogens with zero attached hydrogens (tertiary/aromatic N) is 1. The van der Waals surface area contributed by atoms with Crippen molar-refractivity contribution in [2.75, 3.05) is 30.8 Å². The minimum Gasteiger partial charge on any atom is -0.370 e. The summed E-state index contributed by atoms with van der Waals surface area (Å²) in [7, 11) is -1.19. The minimum absolute atomic E-state index is 0.147. The molecule has 1 aromatic rings. The molecule has 2 unspecified atom stereocenters. The third kappa shape index (κ3) is 3.58. The van der Waals surface area contributed by atoms with Crippen LogP contribution in [0.25, 0.3) is 0 Å². The Morgan fingerprint density at radius 2 is 2.10 bits per heavy atom. The molecule has 0 aliphatic carbocycles. The van der Waals surface area contributed by atoms with Gasteiger partial charge in [0, 0.05) is 19.1 Å². The SMILES string of the molecule is CCS(=O)(=O)c1ccccc1N1CCCC(C(C)NC)C1. The second kappa shape index (κ2) is 6.79. The Morgan fingerprint density at radius 3 is 2.76 bits per heavy atom. The van der Waals surface area contributed by atoms with E-state index in [4.69, 9.17) is 0 Å². The Bertz CT molecular complexity index is 571. The molecule has 0 saturated carbocycles. The molecule has 0 aromatic heterocycles. The lowest BCUT2D eigenvalue weighted by atomic mass is 9.91. The highest BCUT2D eigenvalue weighted by Gasteiger charge is 2.27. The van der Waals surface area contributed by atoms with Gasteiger partial charge in [0.25, 0.3) is 0 Å². The summed E-state index contributed by atoms with van der Waals surface area (Å²) in [6.07, 6.45) is 2.30. The van der Waals surface area contributed by atoms with Crippen LogP contribution in [-0.2, 0) is 9.84 Å². The van der Waals surface area contributed by atoms with Crippen LogP contribution in [0.1, 0.15) is 26.7 Å². The highest BCUT2D eigenvalue weighted by Crippen LogP contribution is 2.30. The van der Waals surface area contributed by atoms with Crippen LogP contribution in [0.4, 0.5) is 5.69 Å². The summed E-state index contributed by atoms with van der Waals surface area (Å²) >= 11 is 0. The van der Waals surface area contributed by atoms with Gasteiger partial charge in [-0.2, -0.15) is 0 Å². The minimum atomic E-state index is -3.18. The number of anilines is 1. The van der Waals surface area contributed by atoms with Crippen LogP contribution in [0.15, 0.2) is 29.2 Å². The monoisotopic (exact) mass is 310 g/mol. The Balaban J connectivity index is 2.30. The molecule has 0 amide bonds. The molecular formula is C16H26N2O2S. The second-order valence-electron chi connectivity index (χ2n) is 5.80. The predicted molar refractivity (Wildman–Crippen MR) is 87.6 cm³/mol. The predicted octanol–water partition coefficient (Wildman–Crippen LogP) is 2.30. The van der Waals surface area contributed by atoms with Crippen LogP contribution >= 0.6 is 0 Å². The van der Waals surface area contributed by atoms with E-state index in [1.165, 1.54) is 6.42 Å². The first kappa shape index (κ1) is 16.3. The average molecular weight is 310 g/mol. The van der Waals surface area contributed by atoms with Crippen molar-refractivity contribution in [3.63, 3.8) is 0 Å². The molecule has 1 aliphatic heterocycles. The first-order valence-corrected chi connectivity index (χ1v) is 9.38. The summed E-state index contributed by atoms with van der Waals surface area (Å²) in [6, 6.07) is 7.86. The number of piperidine rings is 1. The summed E-state index contributed by atoms with van der Waals surface area (Å²) < 4.78 is 24.6. The lowest BCUT2D eigenvalue weighted by Gasteiger charge is -2.37. The van der Waals surface area contributed by atoms with E-state index in [0.717, 1.165) is 25.2 Å². The molecule has 1 heterocycles. The maximum Gasteiger partial charge on any atom is 0.180 e. The smallest absolute Gasteiger partial charge is 0.180 e. The number of benzene rings is 1. The van der Waals surface area contributed by atoms with Gasteiger partial charge in [0.05, 0.1) is 16.3 Å². The van der Waals surface area contributed by atoms with E-state index in [-0.39, 0.29) is 5.75 Å². The summed E-state index contributed by atoms with van der Waals surface area (Å²) in [6.45, 7) is 5.75. The molecule has 2 atom stereocenters. The molecule has 1 aliphatic rings. The molecule has 21 heavy (non-hydrogen) atoms. The van der Waals surface area contributed by atoms with E-state index in [9.17, 15) is 8.42 Å². The van der Waals surface area contributed by atoms with Crippen molar-refractivity contribution in [2.24, 2.45) is 5.92 Å². The van der Waals surface area contributed by atoms with E-state index in [2.05, 4.69) is 17.1 Å². The van der Waals surface area contributed by atoms with Crippen molar-refractivity contribution < 1.29 is 8.42 Å². The zero-order valence-corrected chi connectivity index (χ0v) is 14.0. The molecule has 4 nitrogen and oxygen atoms in total. The summed E-state index contributed by atoms with van der Waals surface area (Å²) in [5.74, 6) is 0.704. The zero-order valence-electron chi connectivity index (χ0n) is 13.2. The largest absolute Gasteiger partial charge is 0.370 e. The standard InChI is InChI=1S/C16H26N2O2S/c1-4-21(19,20)16-10-6-5-9-15(16)18-11-7-8-14(12-18)13(2)17-3/h5-6,9-10,13-14,17H,4,7-8,11-12H2,1-3H3.